The summed E-state index contributed by atoms with van der Waals surface area (Å²) >= 11 is 0. The van der Waals surface area contributed by atoms with Crippen molar-refractivity contribution in [2.24, 2.45) is 0 Å². The van der Waals surface area contributed by atoms with Crippen LogP contribution in [0.15, 0.2) is 30.6 Å². The third-order valence-corrected chi connectivity index (χ3v) is 4.26. The van der Waals surface area contributed by atoms with Crippen molar-refractivity contribution in [3.63, 3.8) is 0 Å². The molecule has 0 unspecified atom stereocenters. The first-order chi connectivity index (χ1) is 12.3. The van der Waals surface area contributed by atoms with Crippen molar-refractivity contribution in [3.8, 4) is 0 Å². The highest BCUT2D eigenvalue weighted by molar-refractivity contribution is 5.42. The number of hydrogen-bond donors (Lipinski definition) is 0. The van der Waals surface area contributed by atoms with E-state index in [1.165, 1.54) is 12.3 Å². The third kappa shape index (κ3) is 4.40. The van der Waals surface area contributed by atoms with E-state index >= 15 is 0 Å². The first-order valence-electron chi connectivity index (χ1n) is 8.33. The molecule has 3 heterocycles. The minimum absolute atomic E-state index is 0.581. The van der Waals surface area contributed by atoms with Gasteiger partial charge >= 0.3 is 6.18 Å². The first-order valence-corrected chi connectivity index (χ1v) is 8.33. The molecule has 9 heteroatoms. The zero-order valence-corrected chi connectivity index (χ0v) is 14.7. The second kappa shape index (κ2) is 7.45. The highest BCUT2D eigenvalue weighted by Crippen LogP contribution is 2.27. The second-order valence-corrected chi connectivity index (χ2v) is 6.42. The van der Waals surface area contributed by atoms with E-state index in [0.29, 0.717) is 12.5 Å². The molecule has 1 aliphatic heterocycles. The lowest BCUT2D eigenvalue weighted by molar-refractivity contribution is -0.141. The van der Waals surface area contributed by atoms with E-state index in [2.05, 4.69) is 24.8 Å². The maximum Gasteiger partial charge on any atom is 0.433 e. The van der Waals surface area contributed by atoms with Gasteiger partial charge in [0.1, 0.15) is 11.5 Å². The Hall–Kier alpha value is -2.42. The Morgan fingerprint density at radius 3 is 2.35 bits per heavy atom. The molecule has 0 spiro atoms. The van der Waals surface area contributed by atoms with E-state index < -0.39 is 11.9 Å². The van der Waals surface area contributed by atoms with Crippen LogP contribution in [0.1, 0.15) is 11.3 Å². The van der Waals surface area contributed by atoms with Crippen LogP contribution in [0.25, 0.3) is 0 Å². The molecule has 26 heavy (non-hydrogen) atoms. The number of aromatic nitrogens is 3. The quantitative estimate of drug-likeness (QED) is 0.828. The van der Waals surface area contributed by atoms with Crippen molar-refractivity contribution in [1.82, 2.24) is 19.9 Å². The Bertz CT molecular complexity index is 724. The van der Waals surface area contributed by atoms with Gasteiger partial charge in [0, 0.05) is 59.2 Å². The van der Waals surface area contributed by atoms with Crippen molar-refractivity contribution in [3.05, 3.63) is 41.9 Å². The van der Waals surface area contributed by atoms with Crippen LogP contribution in [-0.4, -0.2) is 60.1 Å². The van der Waals surface area contributed by atoms with Crippen molar-refractivity contribution in [2.75, 3.05) is 50.1 Å². The molecule has 1 aliphatic rings. The SMILES string of the molecule is CN(C)c1ccnc(N2CCN(Cc3ccc(C(F)(F)F)nc3)CC2)n1. The maximum atomic E-state index is 12.6. The van der Waals surface area contributed by atoms with Gasteiger partial charge in [0.25, 0.3) is 0 Å². The molecule has 2 aromatic heterocycles. The summed E-state index contributed by atoms with van der Waals surface area (Å²) in [7, 11) is 3.87. The molecule has 6 nitrogen and oxygen atoms in total. The number of pyridine rings is 1. The van der Waals surface area contributed by atoms with Crippen LogP contribution in [0, 0.1) is 0 Å². The van der Waals surface area contributed by atoms with Crippen molar-refractivity contribution in [1.29, 1.82) is 0 Å². The number of rotatable bonds is 4. The molecule has 1 fully saturated rings. The van der Waals surface area contributed by atoms with Crippen LogP contribution in [0.2, 0.25) is 0 Å². The summed E-state index contributed by atoms with van der Waals surface area (Å²) < 4.78 is 37.7. The summed E-state index contributed by atoms with van der Waals surface area (Å²) in [4.78, 5) is 18.6. The Morgan fingerprint density at radius 2 is 1.77 bits per heavy atom. The van der Waals surface area contributed by atoms with E-state index in [1.807, 2.05) is 25.1 Å². The van der Waals surface area contributed by atoms with E-state index in [-0.39, 0.29) is 0 Å². The minimum Gasteiger partial charge on any atom is -0.363 e. The monoisotopic (exact) mass is 366 g/mol. The van der Waals surface area contributed by atoms with Gasteiger partial charge in [0.05, 0.1) is 0 Å². The Balaban J connectivity index is 1.56. The molecule has 0 atom stereocenters. The molecule has 0 radical (unpaired) electrons. The van der Waals surface area contributed by atoms with Gasteiger partial charge < -0.3 is 9.80 Å². The molecular weight excluding hydrogens is 345 g/mol. The van der Waals surface area contributed by atoms with E-state index in [4.69, 9.17) is 0 Å². The van der Waals surface area contributed by atoms with Crippen LogP contribution < -0.4 is 9.80 Å². The summed E-state index contributed by atoms with van der Waals surface area (Å²) in [5.74, 6) is 1.56. The van der Waals surface area contributed by atoms with Gasteiger partial charge in [-0.3, -0.25) is 9.88 Å². The fourth-order valence-corrected chi connectivity index (χ4v) is 2.79. The van der Waals surface area contributed by atoms with Crippen LogP contribution in [0.5, 0.6) is 0 Å². The number of hydrogen-bond acceptors (Lipinski definition) is 6. The van der Waals surface area contributed by atoms with Crippen LogP contribution >= 0.6 is 0 Å². The number of halogens is 3. The molecule has 0 saturated carbocycles. The third-order valence-electron chi connectivity index (χ3n) is 4.26. The highest BCUT2D eigenvalue weighted by Gasteiger charge is 2.32. The lowest BCUT2D eigenvalue weighted by atomic mass is 10.2. The summed E-state index contributed by atoms with van der Waals surface area (Å²) in [6.07, 6.45) is -1.35. The standard InChI is InChI=1S/C17H21F3N6/c1-24(2)15-5-6-21-16(23-15)26-9-7-25(8-10-26)12-13-3-4-14(22-11-13)17(18,19)20/h3-6,11H,7-10,12H2,1-2H3. The average Bonchev–Trinajstić information content (AvgIpc) is 2.62. The number of anilines is 2. The molecule has 2 aromatic rings. The Kier molecular flexibility index (Phi) is 5.26. The predicted molar refractivity (Wildman–Crippen MR) is 93.1 cm³/mol. The maximum absolute atomic E-state index is 12.6. The van der Waals surface area contributed by atoms with Gasteiger partial charge in [-0.15, -0.1) is 0 Å². The summed E-state index contributed by atoms with van der Waals surface area (Å²) in [5.41, 5.74) is -0.0821. The van der Waals surface area contributed by atoms with E-state index in [9.17, 15) is 13.2 Å². The first kappa shape index (κ1) is 18.4. The molecule has 140 valence electrons. The van der Waals surface area contributed by atoms with Crippen molar-refractivity contribution >= 4 is 11.8 Å². The summed E-state index contributed by atoms with van der Waals surface area (Å²) in [6, 6.07) is 4.38. The highest BCUT2D eigenvalue weighted by atomic mass is 19.4. The number of nitrogens with zero attached hydrogens (tertiary/aromatic N) is 6. The molecule has 0 bridgehead atoms. The van der Waals surface area contributed by atoms with Crippen molar-refractivity contribution < 1.29 is 13.2 Å². The lowest BCUT2D eigenvalue weighted by Crippen LogP contribution is -2.46. The smallest absolute Gasteiger partial charge is 0.363 e. The van der Waals surface area contributed by atoms with Gasteiger partial charge in [0.2, 0.25) is 5.95 Å². The van der Waals surface area contributed by atoms with Gasteiger partial charge in [-0.1, -0.05) is 6.07 Å². The predicted octanol–water partition coefficient (Wildman–Crippen LogP) is 2.28. The van der Waals surface area contributed by atoms with E-state index in [1.54, 1.807) is 6.20 Å². The summed E-state index contributed by atoms with van der Waals surface area (Å²) in [5, 5.41) is 0. The largest absolute Gasteiger partial charge is 0.433 e. The average molecular weight is 366 g/mol. The zero-order valence-electron chi connectivity index (χ0n) is 14.7. The van der Waals surface area contributed by atoms with Gasteiger partial charge in [0.15, 0.2) is 0 Å². The molecule has 1 saturated heterocycles. The van der Waals surface area contributed by atoms with Crippen LogP contribution in [0.4, 0.5) is 24.9 Å². The number of piperazine rings is 1. The molecule has 3 rings (SSSR count). The molecule has 0 N–H and O–H groups in total. The molecule has 0 aliphatic carbocycles. The van der Waals surface area contributed by atoms with Crippen LogP contribution in [0.3, 0.4) is 0 Å². The Labute approximate surface area is 150 Å². The molecule has 0 amide bonds. The second-order valence-electron chi connectivity index (χ2n) is 6.42. The normalized spacial score (nSPS) is 16.0. The molecular formula is C17H21F3N6. The van der Waals surface area contributed by atoms with Crippen molar-refractivity contribution in [2.45, 2.75) is 12.7 Å². The Morgan fingerprint density at radius 1 is 1.04 bits per heavy atom. The van der Waals surface area contributed by atoms with Gasteiger partial charge in [-0.2, -0.15) is 18.2 Å². The van der Waals surface area contributed by atoms with Crippen LogP contribution in [-0.2, 0) is 12.7 Å². The fourth-order valence-electron chi connectivity index (χ4n) is 2.79. The summed E-state index contributed by atoms with van der Waals surface area (Å²) in [6.45, 7) is 3.70. The zero-order chi connectivity index (χ0) is 18.7. The fraction of sp³-hybridized carbons (Fsp3) is 0.471. The molecule has 0 aromatic carbocycles. The van der Waals surface area contributed by atoms with Gasteiger partial charge in [-0.25, -0.2) is 4.98 Å². The lowest BCUT2D eigenvalue weighted by Gasteiger charge is -2.34. The number of alkyl halides is 3. The topological polar surface area (TPSA) is 48.4 Å². The van der Waals surface area contributed by atoms with E-state index in [0.717, 1.165) is 43.6 Å². The minimum atomic E-state index is -4.40. The van der Waals surface area contributed by atoms with Gasteiger partial charge in [-0.05, 0) is 17.7 Å².